The number of methoxy groups -OCH3 is 1. The zero-order valence-corrected chi connectivity index (χ0v) is 15.5. The van der Waals surface area contributed by atoms with Crippen molar-refractivity contribution in [2.24, 2.45) is 17.8 Å². The third kappa shape index (κ3) is 3.75. The first-order chi connectivity index (χ1) is 12.7. The van der Waals surface area contributed by atoms with E-state index in [1.165, 1.54) is 12.8 Å². The van der Waals surface area contributed by atoms with E-state index in [0.29, 0.717) is 24.4 Å². The van der Waals surface area contributed by atoms with Crippen LogP contribution in [0.1, 0.15) is 39.0 Å². The minimum absolute atomic E-state index is 0.0255. The smallest absolute Gasteiger partial charge is 0.241 e. The lowest BCUT2D eigenvalue weighted by Gasteiger charge is -2.36. The van der Waals surface area contributed by atoms with Gasteiger partial charge in [0.1, 0.15) is 6.04 Å². The van der Waals surface area contributed by atoms with Crippen molar-refractivity contribution < 1.29 is 19.3 Å². The molecule has 4 fully saturated rings. The molecule has 2 heterocycles. The van der Waals surface area contributed by atoms with Gasteiger partial charge in [-0.3, -0.25) is 14.9 Å². The minimum Gasteiger partial charge on any atom is -0.380 e. The van der Waals surface area contributed by atoms with Gasteiger partial charge in [-0.15, -0.1) is 0 Å². The first-order valence-electron chi connectivity index (χ1n) is 9.79. The van der Waals surface area contributed by atoms with Gasteiger partial charge < -0.3 is 10.1 Å². The number of fused-ring (bicyclic) bond motifs is 1. The molecule has 26 heavy (non-hydrogen) atoms. The van der Waals surface area contributed by atoms with Crippen LogP contribution in [0, 0.1) is 17.8 Å². The summed E-state index contributed by atoms with van der Waals surface area (Å²) in [7, 11) is 1.68. The largest absolute Gasteiger partial charge is 0.380 e. The summed E-state index contributed by atoms with van der Waals surface area (Å²) in [5, 5.41) is 6.73. The van der Waals surface area contributed by atoms with Gasteiger partial charge in [0.05, 0.1) is 18.8 Å². The Kier molecular flexibility index (Phi) is 5.75. The van der Waals surface area contributed by atoms with Crippen molar-refractivity contribution >= 4 is 5.91 Å². The number of hydroxylamine groups is 3. The molecule has 7 unspecified atom stereocenters. The normalized spacial score (nSPS) is 45.6. The van der Waals surface area contributed by atoms with Crippen LogP contribution in [0.5, 0.6) is 0 Å². The number of hydrogen-bond donors (Lipinski definition) is 5. The van der Waals surface area contributed by atoms with Crippen LogP contribution < -0.4 is 27.1 Å². The Balaban J connectivity index is 1.28. The summed E-state index contributed by atoms with van der Waals surface area (Å²) >= 11 is 0. The van der Waals surface area contributed by atoms with Gasteiger partial charge >= 0.3 is 0 Å². The van der Waals surface area contributed by atoms with Crippen LogP contribution >= 0.6 is 0 Å². The molecule has 2 aliphatic carbocycles. The van der Waals surface area contributed by atoms with E-state index in [1.807, 2.05) is 6.92 Å². The Morgan fingerprint density at radius 2 is 2.00 bits per heavy atom. The first kappa shape index (κ1) is 18.5. The van der Waals surface area contributed by atoms with Gasteiger partial charge in [-0.05, 0) is 56.8 Å². The van der Waals surface area contributed by atoms with Crippen LogP contribution in [0.15, 0.2) is 0 Å². The van der Waals surface area contributed by atoms with Gasteiger partial charge in [-0.25, -0.2) is 4.94 Å². The third-order valence-corrected chi connectivity index (χ3v) is 6.48. The van der Waals surface area contributed by atoms with E-state index in [2.05, 4.69) is 27.1 Å². The van der Waals surface area contributed by atoms with Crippen molar-refractivity contribution in [1.82, 2.24) is 27.1 Å². The number of rotatable bonds is 5. The van der Waals surface area contributed by atoms with Crippen molar-refractivity contribution in [3.05, 3.63) is 0 Å². The maximum atomic E-state index is 12.5. The molecular formula is C17H31N5O4. The summed E-state index contributed by atoms with van der Waals surface area (Å²) < 4.78 is 5.15. The Morgan fingerprint density at radius 1 is 1.15 bits per heavy atom. The molecule has 0 aromatic carbocycles. The van der Waals surface area contributed by atoms with Gasteiger partial charge in [-0.1, -0.05) is 0 Å². The summed E-state index contributed by atoms with van der Waals surface area (Å²) in [5.74, 6) is 1.84. The summed E-state index contributed by atoms with van der Waals surface area (Å²) in [6, 6.07) is -0.0697. The molecule has 1 amide bonds. The highest BCUT2D eigenvalue weighted by Gasteiger charge is 2.44. The van der Waals surface area contributed by atoms with E-state index in [-0.39, 0.29) is 36.4 Å². The molecule has 9 heteroatoms. The van der Waals surface area contributed by atoms with Gasteiger partial charge in [0.15, 0.2) is 6.23 Å². The summed E-state index contributed by atoms with van der Waals surface area (Å²) in [4.78, 5) is 23.0. The molecular weight excluding hydrogens is 338 g/mol. The van der Waals surface area contributed by atoms with Crippen molar-refractivity contribution in [3.63, 3.8) is 0 Å². The van der Waals surface area contributed by atoms with E-state index in [4.69, 9.17) is 14.5 Å². The monoisotopic (exact) mass is 369 g/mol. The Hall–Kier alpha value is -0.810. The quantitative estimate of drug-likeness (QED) is 0.443. The molecule has 5 N–H and O–H groups in total. The number of hydrogen-bond acceptors (Lipinski definition) is 8. The fourth-order valence-corrected chi connectivity index (χ4v) is 5.08. The molecule has 0 radical (unpaired) electrons. The molecule has 8 atom stereocenters. The van der Waals surface area contributed by atoms with Crippen molar-refractivity contribution in [3.8, 4) is 0 Å². The zero-order valence-electron chi connectivity index (χ0n) is 15.5. The van der Waals surface area contributed by atoms with Crippen LogP contribution in [-0.4, -0.2) is 50.1 Å². The SMILES string of the molecule is COCC1NC(C2CCC3C(CC[C@H]3NC(=O)C3NONC3C)C2)NO1. The Labute approximate surface area is 154 Å². The first-order valence-corrected chi connectivity index (χ1v) is 9.79. The van der Waals surface area contributed by atoms with E-state index in [1.54, 1.807) is 7.11 Å². The maximum Gasteiger partial charge on any atom is 0.241 e. The second kappa shape index (κ2) is 8.05. The number of carbonyl (C=O) groups is 1. The summed E-state index contributed by atoms with van der Waals surface area (Å²) in [6.07, 6.45) is 5.84. The van der Waals surface area contributed by atoms with Gasteiger partial charge in [0.2, 0.25) is 5.91 Å². The summed E-state index contributed by atoms with van der Waals surface area (Å²) in [6.45, 7) is 2.48. The van der Waals surface area contributed by atoms with Crippen molar-refractivity contribution in [2.45, 2.75) is 69.5 Å². The number of carbonyl (C=O) groups excluding carboxylic acids is 1. The van der Waals surface area contributed by atoms with Crippen molar-refractivity contribution in [1.29, 1.82) is 0 Å². The van der Waals surface area contributed by atoms with Gasteiger partial charge in [0.25, 0.3) is 0 Å². The second-order valence-corrected chi connectivity index (χ2v) is 8.12. The van der Waals surface area contributed by atoms with Gasteiger partial charge in [-0.2, -0.15) is 16.4 Å². The molecule has 2 aliphatic heterocycles. The van der Waals surface area contributed by atoms with Crippen molar-refractivity contribution in [2.75, 3.05) is 13.7 Å². The molecule has 9 nitrogen and oxygen atoms in total. The minimum atomic E-state index is -0.327. The summed E-state index contributed by atoms with van der Waals surface area (Å²) in [5.41, 5.74) is 8.66. The van der Waals surface area contributed by atoms with E-state index >= 15 is 0 Å². The molecule has 2 saturated carbocycles. The Morgan fingerprint density at radius 3 is 2.77 bits per heavy atom. The fraction of sp³-hybridized carbons (Fsp3) is 0.941. The molecule has 2 saturated heterocycles. The molecule has 0 bridgehead atoms. The highest BCUT2D eigenvalue weighted by Crippen LogP contribution is 2.45. The molecule has 148 valence electrons. The standard InChI is InChI=1S/C17H31N5O4/c1-9-15(21-26-20-9)17(23)18-13-6-4-10-7-11(3-5-12(10)13)16-19-14(8-24-2)25-22-16/h9-16,19-22H,3-8H2,1-2H3,(H,18,23)/t9?,10?,11?,12?,13-,14?,15?,16?/m1/s1. The zero-order chi connectivity index (χ0) is 18.1. The molecule has 4 rings (SSSR count). The predicted octanol–water partition coefficient (Wildman–Crippen LogP) is -0.483. The molecule has 0 aromatic heterocycles. The number of ether oxygens (including phenoxy) is 1. The van der Waals surface area contributed by atoms with Crippen LogP contribution in [0.4, 0.5) is 0 Å². The molecule has 0 spiro atoms. The average Bonchev–Trinajstić information content (AvgIpc) is 3.35. The molecule has 0 aromatic rings. The van der Waals surface area contributed by atoms with Crippen LogP contribution in [0.25, 0.3) is 0 Å². The van der Waals surface area contributed by atoms with Gasteiger partial charge in [0, 0.05) is 13.2 Å². The average molecular weight is 369 g/mol. The lowest BCUT2D eigenvalue weighted by atomic mass is 9.73. The lowest BCUT2D eigenvalue weighted by Crippen LogP contribution is -2.51. The van der Waals surface area contributed by atoms with E-state index in [0.717, 1.165) is 19.3 Å². The topological polar surface area (TPSA) is 105 Å². The maximum absolute atomic E-state index is 12.5. The highest BCUT2D eigenvalue weighted by atomic mass is 16.8. The van der Waals surface area contributed by atoms with Crippen LogP contribution in [0.3, 0.4) is 0 Å². The Bertz CT molecular complexity index is 510. The number of amides is 1. The lowest BCUT2D eigenvalue weighted by molar-refractivity contribution is -0.125. The van der Waals surface area contributed by atoms with E-state index < -0.39 is 0 Å². The second-order valence-electron chi connectivity index (χ2n) is 8.12. The highest BCUT2D eigenvalue weighted by molar-refractivity contribution is 5.82. The van der Waals surface area contributed by atoms with Crippen LogP contribution in [-0.2, 0) is 19.3 Å². The predicted molar refractivity (Wildman–Crippen MR) is 92.9 cm³/mol. The van der Waals surface area contributed by atoms with E-state index in [9.17, 15) is 4.79 Å². The fourth-order valence-electron chi connectivity index (χ4n) is 5.08. The number of nitrogens with one attached hydrogen (secondary N) is 5. The third-order valence-electron chi connectivity index (χ3n) is 6.48. The van der Waals surface area contributed by atoms with Crippen LogP contribution in [0.2, 0.25) is 0 Å². The molecule has 4 aliphatic rings.